The molecule has 1 heterocycles. The Morgan fingerprint density at radius 1 is 1.11 bits per heavy atom. The van der Waals surface area contributed by atoms with Crippen molar-refractivity contribution < 1.29 is 19.1 Å². The smallest absolute Gasteiger partial charge is 0.260 e. The Bertz CT molecular complexity index is 765. The minimum Gasteiger partial charge on any atom is -0.494 e. The molecule has 2 amide bonds. The van der Waals surface area contributed by atoms with E-state index < -0.39 is 6.04 Å². The topological polar surface area (TPSA) is 102 Å². The van der Waals surface area contributed by atoms with Gasteiger partial charge in [-0.05, 0) is 55.8 Å². The van der Waals surface area contributed by atoms with E-state index in [2.05, 4.69) is 21.2 Å². The summed E-state index contributed by atoms with van der Waals surface area (Å²) in [7, 11) is 0. The van der Waals surface area contributed by atoms with Crippen LogP contribution in [0, 0.1) is 0 Å². The van der Waals surface area contributed by atoms with Gasteiger partial charge in [-0.2, -0.15) is 0 Å². The molecule has 0 aliphatic heterocycles. The van der Waals surface area contributed by atoms with Gasteiger partial charge in [-0.3, -0.25) is 20.4 Å². The summed E-state index contributed by atoms with van der Waals surface area (Å²) in [6.07, 6.45) is 1.61. The Morgan fingerprint density at radius 3 is 2.41 bits per heavy atom. The molecule has 0 saturated heterocycles. The van der Waals surface area contributed by atoms with Crippen LogP contribution in [-0.4, -0.2) is 29.4 Å². The van der Waals surface area contributed by atoms with Crippen LogP contribution in [0.5, 0.6) is 11.5 Å². The van der Waals surface area contributed by atoms with Crippen molar-refractivity contribution in [2.45, 2.75) is 33.4 Å². The van der Waals surface area contributed by atoms with E-state index in [1.807, 2.05) is 37.3 Å². The van der Waals surface area contributed by atoms with Crippen molar-refractivity contribution in [3.05, 3.63) is 48.2 Å². The number of hydrogen-bond acceptors (Lipinski definition) is 6. The fourth-order valence-electron chi connectivity index (χ4n) is 2.20. The summed E-state index contributed by atoms with van der Waals surface area (Å²) in [5.41, 5.74) is 6.11. The largest absolute Gasteiger partial charge is 0.494 e. The molecule has 1 atom stereocenters. The van der Waals surface area contributed by atoms with Gasteiger partial charge >= 0.3 is 0 Å². The number of hydrazine groups is 1. The number of rotatable bonds is 9. The summed E-state index contributed by atoms with van der Waals surface area (Å²) >= 11 is 0. The average molecular weight is 372 g/mol. The molecule has 144 valence electrons. The number of nitrogens with zero attached hydrogens (tertiary/aromatic N) is 1. The predicted molar refractivity (Wildman–Crippen MR) is 101 cm³/mol. The first-order valence-electron chi connectivity index (χ1n) is 8.61. The second kappa shape index (κ2) is 10.0. The van der Waals surface area contributed by atoms with Crippen molar-refractivity contribution >= 4 is 17.6 Å². The van der Waals surface area contributed by atoms with Crippen LogP contribution in [0.1, 0.15) is 26.3 Å². The molecule has 1 aromatic carbocycles. The fourth-order valence-corrected chi connectivity index (χ4v) is 2.20. The van der Waals surface area contributed by atoms with Gasteiger partial charge in [0.2, 0.25) is 5.91 Å². The van der Waals surface area contributed by atoms with Gasteiger partial charge in [0.1, 0.15) is 30.0 Å². The van der Waals surface area contributed by atoms with Crippen molar-refractivity contribution in [1.29, 1.82) is 0 Å². The van der Waals surface area contributed by atoms with Crippen molar-refractivity contribution in [3.8, 4) is 11.5 Å². The first kappa shape index (κ1) is 20.0. The van der Waals surface area contributed by atoms with Gasteiger partial charge in [-0.1, -0.05) is 0 Å². The lowest BCUT2D eigenvalue weighted by Crippen LogP contribution is -2.46. The number of ether oxygens (including phenoxy) is 2. The molecule has 0 radical (unpaired) electrons. The summed E-state index contributed by atoms with van der Waals surface area (Å²) in [5.74, 6) is 1.34. The second-order valence-electron chi connectivity index (χ2n) is 5.78. The third-order valence-corrected chi connectivity index (χ3v) is 3.49. The quantitative estimate of drug-likeness (QED) is 0.582. The highest BCUT2D eigenvalue weighted by Gasteiger charge is 2.13. The van der Waals surface area contributed by atoms with E-state index in [0.29, 0.717) is 19.0 Å². The van der Waals surface area contributed by atoms with E-state index in [-0.39, 0.29) is 11.8 Å². The molecular formula is C19H24N4O4. The van der Waals surface area contributed by atoms with Crippen LogP contribution in [-0.2, 0) is 16.2 Å². The summed E-state index contributed by atoms with van der Waals surface area (Å²) in [6.45, 7) is 5.84. The summed E-state index contributed by atoms with van der Waals surface area (Å²) < 4.78 is 11.1. The van der Waals surface area contributed by atoms with Crippen LogP contribution >= 0.6 is 0 Å². The molecule has 0 bridgehead atoms. The van der Waals surface area contributed by atoms with E-state index in [9.17, 15) is 9.59 Å². The minimum atomic E-state index is -0.652. The van der Waals surface area contributed by atoms with Gasteiger partial charge in [0.25, 0.3) is 5.91 Å². The third-order valence-electron chi connectivity index (χ3n) is 3.49. The maximum absolute atomic E-state index is 11.9. The maximum atomic E-state index is 11.9. The molecule has 0 fully saturated rings. The highest BCUT2D eigenvalue weighted by atomic mass is 16.5. The Hall–Kier alpha value is -3.29. The first-order chi connectivity index (χ1) is 13.0. The van der Waals surface area contributed by atoms with Crippen molar-refractivity contribution in [1.82, 2.24) is 15.7 Å². The van der Waals surface area contributed by atoms with Crippen LogP contribution in [0.3, 0.4) is 0 Å². The van der Waals surface area contributed by atoms with E-state index in [1.54, 1.807) is 19.2 Å². The van der Waals surface area contributed by atoms with Gasteiger partial charge in [0, 0.05) is 13.1 Å². The monoisotopic (exact) mass is 372 g/mol. The lowest BCUT2D eigenvalue weighted by atomic mass is 10.2. The zero-order valence-corrected chi connectivity index (χ0v) is 15.6. The summed E-state index contributed by atoms with van der Waals surface area (Å²) in [6, 6.07) is 10.3. The van der Waals surface area contributed by atoms with Crippen LogP contribution in [0.15, 0.2) is 42.6 Å². The van der Waals surface area contributed by atoms with E-state index >= 15 is 0 Å². The molecule has 2 rings (SSSR count). The highest BCUT2D eigenvalue weighted by Crippen LogP contribution is 2.19. The average Bonchev–Trinajstić information content (AvgIpc) is 2.65. The summed E-state index contributed by atoms with van der Waals surface area (Å²) in [5, 5.41) is 2.50. The van der Waals surface area contributed by atoms with Gasteiger partial charge in [0.15, 0.2) is 0 Å². The number of carbonyl (C=O) groups excluding carboxylic acids is 2. The number of nitrogens with one attached hydrogen (secondary N) is 3. The molecule has 8 nitrogen and oxygen atoms in total. The highest BCUT2D eigenvalue weighted by molar-refractivity contribution is 5.87. The Morgan fingerprint density at radius 2 is 1.78 bits per heavy atom. The summed E-state index contributed by atoms with van der Waals surface area (Å²) in [4.78, 5) is 27.0. The van der Waals surface area contributed by atoms with Gasteiger partial charge < -0.3 is 14.8 Å². The number of carbonyl (C=O) groups is 2. The van der Waals surface area contributed by atoms with Gasteiger partial charge in [-0.15, -0.1) is 0 Å². The predicted octanol–water partition coefficient (Wildman–Crippen LogP) is 2.03. The molecule has 0 spiro atoms. The van der Waals surface area contributed by atoms with E-state index in [1.165, 1.54) is 6.92 Å². The zero-order chi connectivity index (χ0) is 19.6. The lowest BCUT2D eigenvalue weighted by Gasteiger charge is -2.14. The van der Waals surface area contributed by atoms with Crippen LogP contribution in [0.2, 0.25) is 0 Å². The van der Waals surface area contributed by atoms with Crippen molar-refractivity contribution in [2.24, 2.45) is 0 Å². The molecule has 1 unspecified atom stereocenters. The Balaban J connectivity index is 1.85. The molecule has 0 saturated carbocycles. The van der Waals surface area contributed by atoms with Gasteiger partial charge in [0.05, 0.1) is 6.61 Å². The van der Waals surface area contributed by atoms with Crippen molar-refractivity contribution in [2.75, 3.05) is 12.0 Å². The zero-order valence-electron chi connectivity index (χ0n) is 15.6. The molecule has 0 aliphatic carbocycles. The SMILES string of the molecule is CCOc1ccc(OCc2ccnc(NNC(=O)C(C)NC(C)=O)c2)cc1. The van der Waals surface area contributed by atoms with E-state index in [4.69, 9.17) is 9.47 Å². The van der Waals surface area contributed by atoms with E-state index in [0.717, 1.165) is 17.1 Å². The second-order valence-corrected chi connectivity index (χ2v) is 5.78. The molecule has 0 aliphatic rings. The molecule has 8 heteroatoms. The molecule has 27 heavy (non-hydrogen) atoms. The number of anilines is 1. The fraction of sp³-hybridized carbons (Fsp3) is 0.316. The van der Waals surface area contributed by atoms with Gasteiger partial charge in [-0.25, -0.2) is 4.98 Å². The maximum Gasteiger partial charge on any atom is 0.260 e. The molecule has 3 N–H and O–H groups in total. The number of amides is 2. The number of hydrogen-bond donors (Lipinski definition) is 3. The Kier molecular flexibility index (Phi) is 7.42. The van der Waals surface area contributed by atoms with Crippen LogP contribution in [0.4, 0.5) is 5.82 Å². The van der Waals surface area contributed by atoms with Crippen LogP contribution < -0.4 is 25.6 Å². The van der Waals surface area contributed by atoms with Crippen molar-refractivity contribution in [3.63, 3.8) is 0 Å². The minimum absolute atomic E-state index is 0.274. The Labute approximate surface area is 158 Å². The lowest BCUT2D eigenvalue weighted by molar-refractivity contribution is -0.127. The van der Waals surface area contributed by atoms with Crippen LogP contribution in [0.25, 0.3) is 0 Å². The standard InChI is InChI=1S/C19H24N4O4/c1-4-26-16-5-7-17(8-6-16)27-12-15-9-10-20-18(11-15)22-23-19(25)13(2)21-14(3)24/h5-11,13H,4,12H2,1-3H3,(H,20,22)(H,21,24)(H,23,25). The molecular weight excluding hydrogens is 348 g/mol. The number of benzene rings is 1. The molecule has 2 aromatic rings. The number of pyridine rings is 1. The molecule has 1 aromatic heterocycles. The first-order valence-corrected chi connectivity index (χ1v) is 8.61. The number of aromatic nitrogens is 1. The normalized spacial score (nSPS) is 11.2. The third kappa shape index (κ3) is 6.85.